The molecular formula is C24H27F2N3O2. The number of carbonyl (C=O) groups excluding carboxylic acids is 1. The fourth-order valence-corrected chi connectivity index (χ4v) is 6.38. The molecule has 2 heterocycles. The van der Waals surface area contributed by atoms with Crippen molar-refractivity contribution in [1.29, 1.82) is 0 Å². The number of rotatable bonds is 4. The maximum absolute atomic E-state index is 14.4. The average molecular weight is 427 g/mol. The van der Waals surface area contributed by atoms with Crippen molar-refractivity contribution in [3.05, 3.63) is 47.2 Å². The smallest absolute Gasteiger partial charge is 0.235 e. The van der Waals surface area contributed by atoms with Gasteiger partial charge in [-0.1, -0.05) is 19.9 Å². The second-order valence-electron chi connectivity index (χ2n) is 9.60. The summed E-state index contributed by atoms with van der Waals surface area (Å²) in [7, 11) is 1.66. The van der Waals surface area contributed by atoms with Crippen molar-refractivity contribution in [3.8, 4) is 11.3 Å². The highest BCUT2D eigenvalue weighted by Gasteiger charge is 2.68. The number of carbonyl (C=O) groups is 1. The lowest BCUT2D eigenvalue weighted by Crippen LogP contribution is -2.53. The van der Waals surface area contributed by atoms with E-state index in [0.717, 1.165) is 37.8 Å². The minimum Gasteiger partial charge on any atom is -0.383 e. The molecule has 1 saturated carbocycles. The summed E-state index contributed by atoms with van der Waals surface area (Å²) in [6.07, 6.45) is 3.46. The van der Waals surface area contributed by atoms with Crippen LogP contribution in [-0.4, -0.2) is 47.3 Å². The normalized spacial score (nSPS) is 28.2. The molecule has 1 saturated heterocycles. The summed E-state index contributed by atoms with van der Waals surface area (Å²) in [6, 6.07) is 5.60. The largest absolute Gasteiger partial charge is 0.383 e. The molecule has 2 aliphatic carbocycles. The number of amides is 1. The van der Waals surface area contributed by atoms with Gasteiger partial charge in [0.1, 0.15) is 11.6 Å². The Balaban J connectivity index is 1.61. The monoisotopic (exact) mass is 427 g/mol. The van der Waals surface area contributed by atoms with Crippen molar-refractivity contribution in [2.75, 3.05) is 20.3 Å². The molecule has 2 fully saturated rings. The van der Waals surface area contributed by atoms with E-state index in [1.165, 1.54) is 18.2 Å². The third kappa shape index (κ3) is 2.65. The Kier molecular flexibility index (Phi) is 4.66. The van der Waals surface area contributed by atoms with Gasteiger partial charge in [-0.05, 0) is 60.8 Å². The van der Waals surface area contributed by atoms with Crippen molar-refractivity contribution in [1.82, 2.24) is 15.1 Å². The number of ether oxygens (including phenoxy) is 1. The van der Waals surface area contributed by atoms with Gasteiger partial charge in [0.2, 0.25) is 5.91 Å². The second kappa shape index (κ2) is 7.05. The molecule has 1 amide bonds. The number of aromatic nitrogens is 2. The van der Waals surface area contributed by atoms with E-state index >= 15 is 0 Å². The van der Waals surface area contributed by atoms with Crippen LogP contribution < -0.4 is 0 Å². The Morgan fingerprint density at radius 1 is 1.23 bits per heavy atom. The van der Waals surface area contributed by atoms with Gasteiger partial charge in [0.25, 0.3) is 0 Å². The molecule has 7 heteroatoms. The topological polar surface area (TPSA) is 55.3 Å². The van der Waals surface area contributed by atoms with Gasteiger partial charge in [0, 0.05) is 13.7 Å². The van der Waals surface area contributed by atoms with Gasteiger partial charge in [-0.25, -0.2) is 8.78 Å². The number of likely N-dealkylation sites (tertiary alicyclic amines) is 1. The van der Waals surface area contributed by atoms with Crippen molar-refractivity contribution in [2.24, 2.45) is 5.41 Å². The summed E-state index contributed by atoms with van der Waals surface area (Å²) < 4.78 is 34.1. The van der Waals surface area contributed by atoms with Crippen LogP contribution in [0.2, 0.25) is 0 Å². The van der Waals surface area contributed by atoms with Crippen LogP contribution in [0.4, 0.5) is 8.78 Å². The van der Waals surface area contributed by atoms with Crippen LogP contribution >= 0.6 is 0 Å². The molecular weight excluding hydrogens is 400 g/mol. The minimum absolute atomic E-state index is 0.0746. The molecule has 1 aliphatic heterocycles. The van der Waals surface area contributed by atoms with Crippen LogP contribution in [0.15, 0.2) is 24.3 Å². The number of nitrogens with zero attached hydrogens (tertiary/aromatic N) is 3. The number of hydrogen-bond donors (Lipinski definition) is 0. The van der Waals surface area contributed by atoms with E-state index in [1.807, 2.05) is 4.90 Å². The molecule has 0 radical (unpaired) electrons. The zero-order chi connectivity index (χ0) is 22.0. The highest BCUT2D eigenvalue weighted by molar-refractivity contribution is 5.92. The first-order chi connectivity index (χ1) is 14.8. The molecule has 164 valence electrons. The SMILES string of the molecule is COC[C@@H]1CCCN1C(=O)[C@]12CC[C@H](c3cc(-c4c(F)cccc4F)nnc31)C2(C)C. The van der Waals surface area contributed by atoms with Crippen LogP contribution in [0.1, 0.15) is 56.7 Å². The molecule has 1 aromatic heterocycles. The molecule has 2 bridgehead atoms. The van der Waals surface area contributed by atoms with Gasteiger partial charge in [-0.3, -0.25) is 4.79 Å². The summed E-state index contributed by atoms with van der Waals surface area (Å²) in [6.45, 7) is 5.48. The molecule has 0 spiro atoms. The van der Waals surface area contributed by atoms with E-state index in [2.05, 4.69) is 24.0 Å². The Morgan fingerprint density at radius 3 is 2.68 bits per heavy atom. The standard InChI is InChI=1S/C24H27F2N3O2/c1-23(2)16-9-10-24(23,22(30)29-11-5-6-14(29)13-31-3)21-15(16)12-19(27-28-21)20-17(25)7-4-8-18(20)26/h4,7-8,12,14,16H,5-6,9-11,13H2,1-3H3/t14-,16+,24-/m0/s1. The van der Waals surface area contributed by atoms with Crippen LogP contribution in [0.25, 0.3) is 11.3 Å². The Hall–Kier alpha value is -2.41. The van der Waals surface area contributed by atoms with E-state index < -0.39 is 17.0 Å². The molecule has 31 heavy (non-hydrogen) atoms. The molecule has 1 aromatic carbocycles. The van der Waals surface area contributed by atoms with Gasteiger partial charge in [-0.15, -0.1) is 5.10 Å². The summed E-state index contributed by atoms with van der Waals surface area (Å²) in [4.78, 5) is 16.0. The third-order valence-electron chi connectivity index (χ3n) is 7.96. The Labute approximate surface area is 180 Å². The average Bonchev–Trinajstić information content (AvgIpc) is 3.35. The van der Waals surface area contributed by atoms with E-state index in [0.29, 0.717) is 12.3 Å². The number of fused-ring (bicyclic) bond motifs is 5. The second-order valence-corrected chi connectivity index (χ2v) is 9.60. The van der Waals surface area contributed by atoms with Gasteiger partial charge in [-0.2, -0.15) is 5.10 Å². The van der Waals surface area contributed by atoms with Crippen LogP contribution in [0.3, 0.4) is 0 Å². The highest BCUT2D eigenvalue weighted by Crippen LogP contribution is 2.68. The lowest BCUT2D eigenvalue weighted by atomic mass is 9.67. The molecule has 0 unspecified atom stereocenters. The maximum Gasteiger partial charge on any atom is 0.235 e. The highest BCUT2D eigenvalue weighted by atomic mass is 19.1. The fraction of sp³-hybridized carbons (Fsp3) is 0.542. The van der Waals surface area contributed by atoms with Crippen molar-refractivity contribution < 1.29 is 18.3 Å². The van der Waals surface area contributed by atoms with E-state index in [4.69, 9.17) is 4.74 Å². The Morgan fingerprint density at radius 2 is 1.97 bits per heavy atom. The molecule has 5 nitrogen and oxygen atoms in total. The number of benzene rings is 1. The summed E-state index contributed by atoms with van der Waals surface area (Å²) in [5.74, 6) is -1.14. The molecule has 2 aromatic rings. The molecule has 5 rings (SSSR count). The first-order valence-electron chi connectivity index (χ1n) is 11.0. The number of methoxy groups -OCH3 is 1. The Bertz CT molecular complexity index is 1040. The van der Waals surface area contributed by atoms with E-state index in [9.17, 15) is 13.6 Å². The van der Waals surface area contributed by atoms with E-state index in [1.54, 1.807) is 13.2 Å². The predicted octanol–water partition coefficient (Wildman–Crippen LogP) is 4.21. The van der Waals surface area contributed by atoms with E-state index in [-0.39, 0.29) is 34.5 Å². The molecule has 0 N–H and O–H groups in total. The zero-order valence-corrected chi connectivity index (χ0v) is 18.1. The van der Waals surface area contributed by atoms with Crippen LogP contribution in [0.5, 0.6) is 0 Å². The predicted molar refractivity (Wildman–Crippen MR) is 111 cm³/mol. The quantitative estimate of drug-likeness (QED) is 0.733. The lowest BCUT2D eigenvalue weighted by molar-refractivity contribution is -0.142. The summed E-state index contributed by atoms with van der Waals surface area (Å²) in [5.41, 5.74) is 0.482. The van der Waals surface area contributed by atoms with Crippen molar-refractivity contribution >= 4 is 5.91 Å². The summed E-state index contributed by atoms with van der Waals surface area (Å²) >= 11 is 0. The fourth-order valence-electron chi connectivity index (χ4n) is 6.38. The van der Waals surface area contributed by atoms with Crippen molar-refractivity contribution in [2.45, 2.75) is 56.9 Å². The minimum atomic E-state index is -0.761. The van der Waals surface area contributed by atoms with Gasteiger partial charge in [0.05, 0.1) is 35.0 Å². The van der Waals surface area contributed by atoms with Crippen LogP contribution in [0, 0.1) is 17.0 Å². The number of hydrogen-bond acceptors (Lipinski definition) is 4. The first kappa shape index (κ1) is 20.5. The van der Waals surface area contributed by atoms with Gasteiger partial charge < -0.3 is 9.64 Å². The maximum atomic E-state index is 14.4. The molecule has 3 aliphatic rings. The van der Waals surface area contributed by atoms with Gasteiger partial charge in [0.15, 0.2) is 0 Å². The first-order valence-corrected chi connectivity index (χ1v) is 11.0. The van der Waals surface area contributed by atoms with Gasteiger partial charge >= 0.3 is 0 Å². The third-order valence-corrected chi connectivity index (χ3v) is 7.96. The molecule has 3 atom stereocenters. The summed E-state index contributed by atoms with van der Waals surface area (Å²) in [5, 5.41) is 8.68. The number of halogens is 2. The van der Waals surface area contributed by atoms with Crippen molar-refractivity contribution in [3.63, 3.8) is 0 Å². The zero-order valence-electron chi connectivity index (χ0n) is 18.1. The lowest BCUT2D eigenvalue weighted by Gasteiger charge is -2.40. The van der Waals surface area contributed by atoms with Crippen LogP contribution in [-0.2, 0) is 14.9 Å².